The number of carboxylic acids is 2. The molecule has 2 saturated heterocycles. The largest absolute Gasteiger partial charge is 0.488 e. The van der Waals surface area contributed by atoms with E-state index in [0.29, 0.717) is 13.2 Å². The van der Waals surface area contributed by atoms with E-state index in [1.165, 1.54) is 51.9 Å². The Balaban J connectivity index is 0.000000162. The van der Waals surface area contributed by atoms with Crippen LogP contribution in [0.2, 0.25) is 0 Å². The summed E-state index contributed by atoms with van der Waals surface area (Å²) in [5.74, 6) is -0.333. The molecule has 0 aromatic heterocycles. The molecule has 4 heterocycles. The number of aromatic carboxylic acids is 2. The van der Waals surface area contributed by atoms with Crippen LogP contribution in [0.5, 0.6) is 11.5 Å². The van der Waals surface area contributed by atoms with Gasteiger partial charge in [0.05, 0.1) is 11.1 Å². The van der Waals surface area contributed by atoms with Crippen molar-refractivity contribution in [3.05, 3.63) is 142 Å². The molecule has 4 aromatic rings. The van der Waals surface area contributed by atoms with Crippen LogP contribution >= 0.6 is 0 Å². The maximum absolute atomic E-state index is 11.4. The third kappa shape index (κ3) is 8.14. The highest BCUT2D eigenvalue weighted by atomic mass is 16.5. The van der Waals surface area contributed by atoms with Gasteiger partial charge in [0.1, 0.15) is 24.7 Å². The summed E-state index contributed by atoms with van der Waals surface area (Å²) in [4.78, 5) is 27.9. The van der Waals surface area contributed by atoms with Crippen molar-refractivity contribution in [3.63, 3.8) is 0 Å². The Kier molecular flexibility index (Phi) is 11.1. The first-order valence-corrected chi connectivity index (χ1v) is 18.5. The Morgan fingerprint density at radius 2 is 0.962 bits per heavy atom. The van der Waals surface area contributed by atoms with Gasteiger partial charge in [-0.2, -0.15) is 0 Å². The highest BCUT2D eigenvalue weighted by Gasteiger charge is 2.22. The standard InChI is InChI=1S/2C22H23NO3/c2*24-22(25)16-9-10-21-20(14-16)19(8-5-13-23-11-3-4-12-23)18-7-2-1-6-17(18)15-26-21/h2*1-2,6-10,14H,3-5,11-13,15H2,(H,24,25)/b2*19-8+. The van der Waals surface area contributed by atoms with Crippen LogP contribution in [0.4, 0.5) is 0 Å². The molecule has 0 unspecified atom stereocenters. The van der Waals surface area contributed by atoms with Gasteiger partial charge in [0, 0.05) is 24.2 Å². The number of hydrogen-bond acceptors (Lipinski definition) is 6. The second kappa shape index (κ2) is 16.4. The fraction of sp³-hybridized carbons (Fsp3) is 0.318. The van der Waals surface area contributed by atoms with E-state index in [9.17, 15) is 19.8 Å². The van der Waals surface area contributed by atoms with E-state index in [-0.39, 0.29) is 11.1 Å². The third-order valence-corrected chi connectivity index (χ3v) is 10.4. The highest BCUT2D eigenvalue weighted by Crippen LogP contribution is 2.39. The number of carboxylic acid groups (broad SMARTS) is 2. The molecule has 268 valence electrons. The van der Waals surface area contributed by atoms with E-state index in [0.717, 1.165) is 82.0 Å². The topological polar surface area (TPSA) is 99.5 Å². The summed E-state index contributed by atoms with van der Waals surface area (Å²) in [6.45, 7) is 7.82. The normalized spacial score (nSPS) is 18.1. The van der Waals surface area contributed by atoms with E-state index in [1.807, 2.05) is 24.3 Å². The van der Waals surface area contributed by atoms with Gasteiger partial charge in [0.2, 0.25) is 0 Å². The van der Waals surface area contributed by atoms with Crippen LogP contribution in [-0.4, -0.2) is 71.2 Å². The van der Waals surface area contributed by atoms with Crippen LogP contribution in [0.1, 0.15) is 92.6 Å². The van der Waals surface area contributed by atoms with Gasteiger partial charge < -0.3 is 29.5 Å². The zero-order chi connectivity index (χ0) is 35.9. The molecule has 0 amide bonds. The smallest absolute Gasteiger partial charge is 0.335 e. The van der Waals surface area contributed by atoms with Crippen molar-refractivity contribution < 1.29 is 29.3 Å². The van der Waals surface area contributed by atoms with Gasteiger partial charge >= 0.3 is 11.9 Å². The number of rotatable bonds is 8. The quantitative estimate of drug-likeness (QED) is 0.189. The Bertz CT molecular complexity index is 1840. The molecule has 0 atom stereocenters. The van der Waals surface area contributed by atoms with Gasteiger partial charge in [0.25, 0.3) is 0 Å². The molecule has 52 heavy (non-hydrogen) atoms. The van der Waals surface area contributed by atoms with Gasteiger partial charge in [-0.1, -0.05) is 60.7 Å². The van der Waals surface area contributed by atoms with Crippen LogP contribution in [0.25, 0.3) is 11.1 Å². The van der Waals surface area contributed by atoms with E-state index >= 15 is 0 Å². The van der Waals surface area contributed by atoms with Gasteiger partial charge in [-0.15, -0.1) is 0 Å². The Labute approximate surface area is 305 Å². The first kappa shape index (κ1) is 35.2. The van der Waals surface area contributed by atoms with Crippen LogP contribution in [0.3, 0.4) is 0 Å². The SMILES string of the molecule is O=C(O)c1ccc2c(c1)/C(=C/CCN1CCCC1)c1ccccc1CO2.O=C(O)c1ccc2c(c1)/C(=C/CCN1CCCC1)c1ccccc1CO2. The van der Waals surface area contributed by atoms with Crippen molar-refractivity contribution in [2.45, 2.75) is 51.7 Å². The summed E-state index contributed by atoms with van der Waals surface area (Å²) in [5.41, 5.74) is 9.01. The van der Waals surface area contributed by atoms with Gasteiger partial charge in [0.15, 0.2) is 0 Å². The molecular formula is C44H46N2O6. The number of nitrogens with zero attached hydrogens (tertiary/aromatic N) is 2. The number of hydrogen-bond donors (Lipinski definition) is 2. The molecule has 0 aliphatic carbocycles. The van der Waals surface area contributed by atoms with Gasteiger partial charge in [-0.25, -0.2) is 9.59 Å². The molecule has 2 fully saturated rings. The lowest BCUT2D eigenvalue weighted by molar-refractivity contribution is 0.0686. The van der Waals surface area contributed by atoms with Crippen molar-refractivity contribution >= 4 is 23.1 Å². The van der Waals surface area contributed by atoms with Crippen molar-refractivity contribution in [1.82, 2.24) is 9.80 Å². The molecular weight excluding hydrogens is 652 g/mol. The summed E-state index contributed by atoms with van der Waals surface area (Å²) in [5, 5.41) is 18.8. The van der Waals surface area contributed by atoms with Crippen molar-refractivity contribution in [3.8, 4) is 11.5 Å². The highest BCUT2D eigenvalue weighted by molar-refractivity contribution is 5.93. The second-order valence-electron chi connectivity index (χ2n) is 13.8. The maximum atomic E-state index is 11.4. The van der Waals surface area contributed by atoms with Crippen LogP contribution in [-0.2, 0) is 13.2 Å². The van der Waals surface area contributed by atoms with Crippen LogP contribution in [0, 0.1) is 0 Å². The van der Waals surface area contributed by atoms with Crippen LogP contribution < -0.4 is 9.47 Å². The number of carbonyl (C=O) groups is 2. The minimum Gasteiger partial charge on any atom is -0.488 e. The molecule has 8 rings (SSSR count). The number of benzene rings is 4. The van der Waals surface area contributed by atoms with E-state index in [2.05, 4.69) is 46.2 Å². The lowest BCUT2D eigenvalue weighted by Gasteiger charge is -2.15. The van der Waals surface area contributed by atoms with Crippen LogP contribution in [0.15, 0.2) is 97.1 Å². The number of likely N-dealkylation sites (tertiary alicyclic amines) is 2. The Morgan fingerprint density at radius 1 is 0.558 bits per heavy atom. The minimum atomic E-state index is -0.915. The van der Waals surface area contributed by atoms with E-state index in [1.54, 1.807) is 36.4 Å². The zero-order valence-electron chi connectivity index (χ0n) is 29.6. The predicted octanol–water partition coefficient (Wildman–Crippen LogP) is 8.39. The number of fused-ring (bicyclic) bond motifs is 4. The fourth-order valence-electron chi connectivity index (χ4n) is 7.65. The molecule has 8 nitrogen and oxygen atoms in total. The molecule has 2 N–H and O–H groups in total. The monoisotopic (exact) mass is 698 g/mol. The molecule has 0 radical (unpaired) electrons. The number of ether oxygens (including phenoxy) is 2. The molecule has 0 bridgehead atoms. The Morgan fingerprint density at radius 3 is 1.37 bits per heavy atom. The first-order chi connectivity index (χ1) is 25.4. The summed E-state index contributed by atoms with van der Waals surface area (Å²) in [7, 11) is 0. The summed E-state index contributed by atoms with van der Waals surface area (Å²) < 4.78 is 12.0. The van der Waals surface area contributed by atoms with Crippen molar-refractivity contribution in [2.24, 2.45) is 0 Å². The summed E-state index contributed by atoms with van der Waals surface area (Å²) in [6.07, 6.45) is 11.5. The predicted molar refractivity (Wildman–Crippen MR) is 203 cm³/mol. The minimum absolute atomic E-state index is 0.289. The Hall–Kier alpha value is -5.18. The molecule has 4 aliphatic heterocycles. The lowest BCUT2D eigenvalue weighted by atomic mass is 9.92. The van der Waals surface area contributed by atoms with Crippen molar-refractivity contribution in [2.75, 3.05) is 39.3 Å². The van der Waals surface area contributed by atoms with Gasteiger partial charge in [-0.3, -0.25) is 0 Å². The molecule has 4 aliphatic rings. The van der Waals surface area contributed by atoms with E-state index in [4.69, 9.17) is 9.47 Å². The van der Waals surface area contributed by atoms with Crippen molar-refractivity contribution in [1.29, 1.82) is 0 Å². The zero-order valence-corrected chi connectivity index (χ0v) is 29.6. The van der Waals surface area contributed by atoms with E-state index < -0.39 is 11.9 Å². The lowest BCUT2D eigenvalue weighted by Crippen LogP contribution is -2.19. The second-order valence-corrected chi connectivity index (χ2v) is 13.8. The summed E-state index contributed by atoms with van der Waals surface area (Å²) >= 11 is 0. The molecule has 0 spiro atoms. The molecule has 8 heteroatoms. The average Bonchev–Trinajstić information content (AvgIpc) is 3.84. The fourth-order valence-corrected chi connectivity index (χ4v) is 7.65. The van der Waals surface area contributed by atoms with Gasteiger partial charge in [-0.05, 0) is 135 Å². The third-order valence-electron chi connectivity index (χ3n) is 10.4. The first-order valence-electron chi connectivity index (χ1n) is 18.5. The maximum Gasteiger partial charge on any atom is 0.335 e. The molecule has 4 aromatic carbocycles. The molecule has 0 saturated carbocycles. The average molecular weight is 699 g/mol. The summed E-state index contributed by atoms with van der Waals surface area (Å²) in [6, 6.07) is 26.7.